The lowest BCUT2D eigenvalue weighted by Gasteiger charge is -1.97. The van der Waals surface area contributed by atoms with Gasteiger partial charge in [-0.1, -0.05) is 67.3 Å². The zero-order chi connectivity index (χ0) is 14.1. The van der Waals surface area contributed by atoms with Gasteiger partial charge in [-0.15, -0.1) is 0 Å². The van der Waals surface area contributed by atoms with Crippen LogP contribution < -0.4 is 4.74 Å². The Bertz CT molecular complexity index is 506. The van der Waals surface area contributed by atoms with Crippen molar-refractivity contribution in [2.45, 2.75) is 6.92 Å². The van der Waals surface area contributed by atoms with Crippen molar-refractivity contribution in [2.24, 2.45) is 0 Å². The van der Waals surface area contributed by atoms with Gasteiger partial charge in [-0.05, 0) is 30.2 Å². The summed E-state index contributed by atoms with van der Waals surface area (Å²) in [5, 5.41) is 0. The topological polar surface area (TPSA) is 9.23 Å². The first-order chi connectivity index (χ1) is 9.19. The molecule has 98 valence electrons. The molecule has 19 heavy (non-hydrogen) atoms. The summed E-state index contributed by atoms with van der Waals surface area (Å²) in [5.74, 6) is 0.880. The predicted octanol–water partition coefficient (Wildman–Crippen LogP) is 4.98. The second-order valence-corrected chi connectivity index (χ2v) is 4.09. The number of methoxy groups -OCH3 is 1. The normalized spacial score (nSPS) is 8.95. The third-order valence-electron chi connectivity index (χ3n) is 2.66. The Labute approximate surface area is 115 Å². The first-order valence-corrected chi connectivity index (χ1v) is 6.15. The van der Waals surface area contributed by atoms with Crippen LogP contribution in [0.5, 0.6) is 5.75 Å². The van der Waals surface area contributed by atoms with Crippen molar-refractivity contribution in [2.75, 3.05) is 7.11 Å². The number of aryl methyl sites for hydroxylation is 1. The monoisotopic (exact) mass is 252 g/mol. The lowest BCUT2D eigenvalue weighted by molar-refractivity contribution is 0.415. The Kier molecular flexibility index (Phi) is 6.17. The highest BCUT2D eigenvalue weighted by Crippen LogP contribution is 2.11. The molecule has 0 aliphatic carbocycles. The van der Waals surface area contributed by atoms with Crippen molar-refractivity contribution in [3.05, 3.63) is 78.4 Å². The van der Waals surface area contributed by atoms with Gasteiger partial charge in [-0.25, -0.2) is 0 Å². The zero-order valence-corrected chi connectivity index (χ0v) is 11.6. The van der Waals surface area contributed by atoms with Gasteiger partial charge < -0.3 is 4.74 Å². The lowest BCUT2D eigenvalue weighted by atomic mass is 10.2. The molecule has 0 saturated heterocycles. The van der Waals surface area contributed by atoms with Crippen LogP contribution in [0, 0.1) is 6.92 Å². The van der Waals surface area contributed by atoms with E-state index in [0.717, 1.165) is 11.3 Å². The number of hydrogen-bond donors (Lipinski definition) is 0. The third kappa shape index (κ3) is 5.26. The van der Waals surface area contributed by atoms with E-state index in [0.29, 0.717) is 0 Å². The van der Waals surface area contributed by atoms with E-state index < -0.39 is 0 Å². The van der Waals surface area contributed by atoms with E-state index >= 15 is 0 Å². The van der Waals surface area contributed by atoms with Crippen LogP contribution in [-0.2, 0) is 0 Å². The van der Waals surface area contributed by atoms with Crippen molar-refractivity contribution in [3.63, 3.8) is 0 Å². The summed E-state index contributed by atoms with van der Waals surface area (Å²) < 4.78 is 4.98. The predicted molar refractivity (Wildman–Crippen MR) is 84.4 cm³/mol. The Balaban J connectivity index is 0.000000191. The van der Waals surface area contributed by atoms with Crippen molar-refractivity contribution in [3.8, 4) is 5.75 Å². The first-order valence-electron chi connectivity index (χ1n) is 6.15. The average Bonchev–Trinajstić information content (AvgIpc) is 2.49. The minimum atomic E-state index is 0.880. The molecule has 0 aliphatic heterocycles. The van der Waals surface area contributed by atoms with Gasteiger partial charge in [0.25, 0.3) is 0 Å². The molecule has 0 amide bonds. The van der Waals surface area contributed by atoms with Crippen molar-refractivity contribution < 1.29 is 4.74 Å². The zero-order valence-electron chi connectivity index (χ0n) is 11.6. The molecule has 0 atom stereocenters. The van der Waals surface area contributed by atoms with E-state index in [2.05, 4.69) is 44.3 Å². The highest BCUT2D eigenvalue weighted by Gasteiger charge is 1.87. The maximum atomic E-state index is 4.98. The SMILES string of the molecule is C=Cc1ccc(C)cc1.C=Cc1ccc(OC)cc1. The molecule has 0 fully saturated rings. The van der Waals surface area contributed by atoms with Gasteiger partial charge in [0.05, 0.1) is 7.11 Å². The van der Waals surface area contributed by atoms with E-state index in [-0.39, 0.29) is 0 Å². The maximum Gasteiger partial charge on any atom is 0.118 e. The van der Waals surface area contributed by atoms with Crippen LogP contribution in [0.4, 0.5) is 0 Å². The standard InChI is InChI=1S/C9H10O.C9H10/c1-3-8-4-6-9(10-2)7-5-8;1-3-9-6-4-8(2)5-7-9/h3-7H,1H2,2H3;3-7H,1H2,2H3. The molecule has 2 aromatic carbocycles. The van der Waals surface area contributed by atoms with Crippen LogP contribution in [0.15, 0.2) is 61.7 Å². The summed E-state index contributed by atoms with van der Waals surface area (Å²) in [4.78, 5) is 0. The number of benzene rings is 2. The molecule has 0 heterocycles. The molecule has 1 nitrogen and oxygen atoms in total. The summed E-state index contributed by atoms with van der Waals surface area (Å²) in [5.41, 5.74) is 3.59. The average molecular weight is 252 g/mol. The molecule has 0 saturated carbocycles. The highest BCUT2D eigenvalue weighted by atomic mass is 16.5. The fourth-order valence-corrected chi connectivity index (χ4v) is 1.44. The lowest BCUT2D eigenvalue weighted by Crippen LogP contribution is -1.80. The second kappa shape index (κ2) is 7.93. The van der Waals surface area contributed by atoms with Gasteiger partial charge in [-0.3, -0.25) is 0 Å². The summed E-state index contributed by atoms with van der Waals surface area (Å²) >= 11 is 0. The smallest absolute Gasteiger partial charge is 0.118 e. The molecule has 0 spiro atoms. The summed E-state index contributed by atoms with van der Waals surface area (Å²) in [6, 6.07) is 16.0. The fraction of sp³-hybridized carbons (Fsp3) is 0.111. The second-order valence-electron chi connectivity index (χ2n) is 4.09. The maximum absolute atomic E-state index is 4.98. The van der Waals surface area contributed by atoms with E-state index in [1.807, 2.05) is 30.3 Å². The number of ether oxygens (including phenoxy) is 1. The van der Waals surface area contributed by atoms with Gasteiger partial charge in [0.1, 0.15) is 5.75 Å². The summed E-state index contributed by atoms with van der Waals surface area (Å²) in [6.45, 7) is 9.38. The fourth-order valence-electron chi connectivity index (χ4n) is 1.44. The van der Waals surface area contributed by atoms with Crippen LogP contribution in [0.1, 0.15) is 16.7 Å². The molecule has 0 bridgehead atoms. The quantitative estimate of drug-likeness (QED) is 0.749. The number of hydrogen-bond acceptors (Lipinski definition) is 1. The van der Waals surface area contributed by atoms with Crippen molar-refractivity contribution in [1.29, 1.82) is 0 Å². The van der Waals surface area contributed by atoms with Crippen molar-refractivity contribution in [1.82, 2.24) is 0 Å². The molecule has 1 heteroatoms. The van der Waals surface area contributed by atoms with Crippen LogP contribution in [0.3, 0.4) is 0 Å². The van der Waals surface area contributed by atoms with E-state index in [9.17, 15) is 0 Å². The third-order valence-corrected chi connectivity index (χ3v) is 2.66. The molecular formula is C18H20O. The van der Waals surface area contributed by atoms with E-state index in [4.69, 9.17) is 4.74 Å². The van der Waals surface area contributed by atoms with Gasteiger partial charge in [-0.2, -0.15) is 0 Å². The van der Waals surface area contributed by atoms with Gasteiger partial charge in [0.15, 0.2) is 0 Å². The van der Waals surface area contributed by atoms with Crippen LogP contribution in [-0.4, -0.2) is 7.11 Å². The molecule has 2 rings (SSSR count). The van der Waals surface area contributed by atoms with Crippen LogP contribution >= 0.6 is 0 Å². The highest BCUT2D eigenvalue weighted by molar-refractivity contribution is 5.48. The molecule has 0 aromatic heterocycles. The van der Waals surface area contributed by atoms with Crippen LogP contribution in [0.2, 0.25) is 0 Å². The Morgan fingerprint density at radius 2 is 1.21 bits per heavy atom. The van der Waals surface area contributed by atoms with Gasteiger partial charge in [0, 0.05) is 0 Å². The van der Waals surface area contributed by atoms with E-state index in [1.165, 1.54) is 11.1 Å². The van der Waals surface area contributed by atoms with Crippen LogP contribution in [0.25, 0.3) is 12.2 Å². The minimum Gasteiger partial charge on any atom is -0.497 e. The van der Waals surface area contributed by atoms with Crippen molar-refractivity contribution >= 4 is 12.2 Å². The Morgan fingerprint density at radius 1 is 0.789 bits per heavy atom. The Hall–Kier alpha value is -2.28. The molecule has 0 unspecified atom stereocenters. The number of rotatable bonds is 3. The first kappa shape index (κ1) is 14.8. The largest absolute Gasteiger partial charge is 0.497 e. The molecular weight excluding hydrogens is 232 g/mol. The molecule has 0 N–H and O–H groups in total. The molecule has 0 radical (unpaired) electrons. The van der Waals surface area contributed by atoms with Gasteiger partial charge >= 0.3 is 0 Å². The van der Waals surface area contributed by atoms with Gasteiger partial charge in [0.2, 0.25) is 0 Å². The minimum absolute atomic E-state index is 0.880. The Morgan fingerprint density at radius 3 is 1.58 bits per heavy atom. The summed E-state index contributed by atoms with van der Waals surface area (Å²) in [6.07, 6.45) is 3.65. The summed E-state index contributed by atoms with van der Waals surface area (Å²) in [7, 11) is 1.66. The molecule has 2 aromatic rings. The van der Waals surface area contributed by atoms with E-state index in [1.54, 1.807) is 13.2 Å². The molecule has 0 aliphatic rings.